The molecule has 1 radical (unpaired) electrons. The molecular formula is C10H15N2. The average Bonchev–Trinajstić information content (AvgIpc) is 2.06. The Morgan fingerprint density at radius 2 is 2.00 bits per heavy atom. The number of aromatic nitrogens is 1. The summed E-state index contributed by atoms with van der Waals surface area (Å²) >= 11 is 0. The quantitative estimate of drug-likeness (QED) is 0.674. The monoisotopic (exact) mass is 163 g/mol. The lowest BCUT2D eigenvalue weighted by Crippen LogP contribution is -2.22. The Labute approximate surface area is 73.8 Å². The molecule has 0 amide bonds. The van der Waals surface area contributed by atoms with Crippen LogP contribution in [0.2, 0.25) is 0 Å². The highest BCUT2D eigenvalue weighted by Gasteiger charge is 2.19. The van der Waals surface area contributed by atoms with E-state index >= 15 is 0 Å². The Kier molecular flexibility index (Phi) is 2.82. The Morgan fingerprint density at radius 1 is 1.42 bits per heavy atom. The predicted octanol–water partition coefficient (Wildman–Crippen LogP) is 2.38. The van der Waals surface area contributed by atoms with Crippen LogP contribution in [0, 0.1) is 0 Å². The summed E-state index contributed by atoms with van der Waals surface area (Å²) in [4.78, 5) is 3.94. The third-order valence-electron chi connectivity index (χ3n) is 2.07. The van der Waals surface area contributed by atoms with E-state index in [2.05, 4.69) is 11.9 Å². The molecule has 1 atom stereocenters. The molecule has 1 aromatic heterocycles. The van der Waals surface area contributed by atoms with Crippen LogP contribution in [0.3, 0.4) is 0 Å². The molecule has 0 saturated carbocycles. The molecule has 1 aromatic rings. The first-order chi connectivity index (χ1) is 5.67. The lowest BCUT2D eigenvalue weighted by molar-refractivity contribution is 0.429. The Balaban J connectivity index is 2.82. The molecule has 0 aliphatic carbocycles. The maximum atomic E-state index is 8.04. The fraction of sp³-hybridized carbons (Fsp3) is 0.500. The van der Waals surface area contributed by atoms with Gasteiger partial charge in [-0.05, 0) is 31.0 Å². The normalized spacial score (nSPS) is 15.6. The number of rotatable bonds is 3. The minimum atomic E-state index is -0.447. The van der Waals surface area contributed by atoms with Crippen LogP contribution in [0.25, 0.3) is 0 Å². The fourth-order valence-corrected chi connectivity index (χ4v) is 1.36. The fourth-order valence-electron chi connectivity index (χ4n) is 1.36. The van der Waals surface area contributed by atoms with E-state index in [-0.39, 0.29) is 0 Å². The molecule has 0 fully saturated rings. The van der Waals surface area contributed by atoms with E-state index in [1.807, 2.05) is 19.1 Å². The second-order valence-corrected chi connectivity index (χ2v) is 3.32. The summed E-state index contributed by atoms with van der Waals surface area (Å²) in [5, 5.41) is 0. The molecule has 12 heavy (non-hydrogen) atoms. The van der Waals surface area contributed by atoms with Gasteiger partial charge in [-0.15, -0.1) is 0 Å². The summed E-state index contributed by atoms with van der Waals surface area (Å²) in [7, 11) is 0. The molecule has 1 unspecified atom stereocenters. The van der Waals surface area contributed by atoms with Crippen molar-refractivity contribution in [2.75, 3.05) is 0 Å². The van der Waals surface area contributed by atoms with E-state index in [1.165, 1.54) is 0 Å². The SMILES string of the molecule is CCCC(C)([NH])c1ccncc1. The van der Waals surface area contributed by atoms with E-state index in [0.29, 0.717) is 0 Å². The van der Waals surface area contributed by atoms with E-state index in [9.17, 15) is 0 Å². The van der Waals surface area contributed by atoms with Gasteiger partial charge >= 0.3 is 0 Å². The molecule has 0 aliphatic heterocycles. The molecule has 0 saturated heterocycles. The highest BCUT2D eigenvalue weighted by Crippen LogP contribution is 2.23. The van der Waals surface area contributed by atoms with Crippen LogP contribution in [-0.2, 0) is 5.54 Å². The first-order valence-corrected chi connectivity index (χ1v) is 4.32. The van der Waals surface area contributed by atoms with Crippen LogP contribution in [0.15, 0.2) is 24.5 Å². The van der Waals surface area contributed by atoms with Gasteiger partial charge in [0.2, 0.25) is 0 Å². The van der Waals surface area contributed by atoms with Gasteiger partial charge in [0.25, 0.3) is 0 Å². The zero-order chi connectivity index (χ0) is 9.03. The van der Waals surface area contributed by atoms with E-state index in [0.717, 1.165) is 18.4 Å². The van der Waals surface area contributed by atoms with Crippen LogP contribution >= 0.6 is 0 Å². The largest absolute Gasteiger partial charge is 0.265 e. The highest BCUT2D eigenvalue weighted by molar-refractivity contribution is 5.19. The van der Waals surface area contributed by atoms with Crippen LogP contribution in [0.4, 0.5) is 0 Å². The molecule has 2 heteroatoms. The smallest absolute Gasteiger partial charge is 0.0545 e. The molecule has 1 heterocycles. The van der Waals surface area contributed by atoms with Crippen molar-refractivity contribution in [2.45, 2.75) is 32.2 Å². The molecule has 1 rings (SSSR count). The van der Waals surface area contributed by atoms with Gasteiger partial charge in [0, 0.05) is 12.4 Å². The number of nitrogens with zero attached hydrogens (tertiary/aromatic N) is 1. The minimum Gasteiger partial charge on any atom is -0.265 e. The zero-order valence-corrected chi connectivity index (χ0v) is 7.67. The van der Waals surface area contributed by atoms with Gasteiger partial charge in [-0.2, -0.15) is 0 Å². The maximum absolute atomic E-state index is 8.04. The van der Waals surface area contributed by atoms with Gasteiger partial charge in [0.1, 0.15) is 0 Å². The lowest BCUT2D eigenvalue weighted by atomic mass is 9.90. The standard InChI is InChI=1S/C10H15N2/c1-3-6-10(2,11)9-4-7-12-8-5-9/h4-5,7-8,11H,3,6H2,1-2H3. The molecule has 2 nitrogen and oxygen atoms in total. The first-order valence-electron chi connectivity index (χ1n) is 4.32. The van der Waals surface area contributed by atoms with Crippen molar-refractivity contribution < 1.29 is 0 Å². The zero-order valence-electron chi connectivity index (χ0n) is 7.67. The third kappa shape index (κ3) is 2.05. The van der Waals surface area contributed by atoms with Crippen LogP contribution in [0.5, 0.6) is 0 Å². The van der Waals surface area contributed by atoms with Gasteiger partial charge in [-0.3, -0.25) is 4.98 Å². The summed E-state index contributed by atoms with van der Waals surface area (Å²) < 4.78 is 0. The number of hydrogen-bond acceptors (Lipinski definition) is 1. The summed E-state index contributed by atoms with van der Waals surface area (Å²) in [5.74, 6) is 0. The molecule has 0 bridgehead atoms. The van der Waals surface area contributed by atoms with Crippen molar-refractivity contribution in [3.05, 3.63) is 30.1 Å². The van der Waals surface area contributed by atoms with Crippen molar-refractivity contribution >= 4 is 0 Å². The molecule has 0 aromatic carbocycles. The Bertz CT molecular complexity index is 229. The minimum absolute atomic E-state index is 0.447. The summed E-state index contributed by atoms with van der Waals surface area (Å²) in [6, 6.07) is 3.84. The second-order valence-electron chi connectivity index (χ2n) is 3.32. The maximum Gasteiger partial charge on any atom is 0.0545 e. The van der Waals surface area contributed by atoms with Crippen molar-refractivity contribution in [2.24, 2.45) is 0 Å². The van der Waals surface area contributed by atoms with Gasteiger partial charge in [-0.1, -0.05) is 13.3 Å². The molecular weight excluding hydrogens is 148 g/mol. The van der Waals surface area contributed by atoms with E-state index < -0.39 is 5.54 Å². The van der Waals surface area contributed by atoms with Crippen molar-refractivity contribution in [1.82, 2.24) is 10.7 Å². The first kappa shape index (κ1) is 9.20. The van der Waals surface area contributed by atoms with E-state index in [4.69, 9.17) is 5.73 Å². The molecule has 1 N–H and O–H groups in total. The van der Waals surface area contributed by atoms with Crippen LogP contribution in [0.1, 0.15) is 32.3 Å². The lowest BCUT2D eigenvalue weighted by Gasteiger charge is -2.22. The Morgan fingerprint density at radius 3 is 2.50 bits per heavy atom. The summed E-state index contributed by atoms with van der Waals surface area (Å²) in [6.45, 7) is 4.06. The number of nitrogens with one attached hydrogen (secondary N) is 1. The topological polar surface area (TPSA) is 36.7 Å². The van der Waals surface area contributed by atoms with Gasteiger partial charge in [-0.25, -0.2) is 5.73 Å². The van der Waals surface area contributed by atoms with E-state index in [1.54, 1.807) is 12.4 Å². The highest BCUT2D eigenvalue weighted by atomic mass is 14.7. The van der Waals surface area contributed by atoms with Gasteiger partial charge in [0.05, 0.1) is 5.54 Å². The summed E-state index contributed by atoms with van der Waals surface area (Å²) in [5.41, 5.74) is 8.65. The predicted molar refractivity (Wildman–Crippen MR) is 49.6 cm³/mol. The Hall–Kier alpha value is -0.890. The second kappa shape index (κ2) is 3.68. The molecule has 0 spiro atoms. The van der Waals surface area contributed by atoms with Crippen molar-refractivity contribution in [3.8, 4) is 0 Å². The van der Waals surface area contributed by atoms with Crippen molar-refractivity contribution in [3.63, 3.8) is 0 Å². The number of hydrogen-bond donors (Lipinski definition) is 0. The van der Waals surface area contributed by atoms with Crippen molar-refractivity contribution in [1.29, 1.82) is 0 Å². The number of pyridine rings is 1. The third-order valence-corrected chi connectivity index (χ3v) is 2.07. The molecule has 0 aliphatic rings. The van der Waals surface area contributed by atoms with Gasteiger partial charge in [0.15, 0.2) is 0 Å². The summed E-state index contributed by atoms with van der Waals surface area (Å²) in [6.07, 6.45) is 5.44. The molecule has 65 valence electrons. The van der Waals surface area contributed by atoms with Crippen LogP contribution in [-0.4, -0.2) is 4.98 Å². The van der Waals surface area contributed by atoms with Crippen LogP contribution < -0.4 is 5.73 Å². The van der Waals surface area contributed by atoms with Gasteiger partial charge < -0.3 is 0 Å². The average molecular weight is 163 g/mol.